The summed E-state index contributed by atoms with van der Waals surface area (Å²) in [6.07, 6.45) is 4.14. The number of anilines is 1. The van der Waals surface area contributed by atoms with E-state index in [0.29, 0.717) is 18.7 Å². The first-order chi connectivity index (χ1) is 11.5. The van der Waals surface area contributed by atoms with Gasteiger partial charge in [-0.3, -0.25) is 9.59 Å². The van der Waals surface area contributed by atoms with Crippen molar-refractivity contribution < 1.29 is 9.59 Å². The highest BCUT2D eigenvalue weighted by Gasteiger charge is 2.32. The number of hydrogen-bond acceptors (Lipinski definition) is 3. The number of carbonyl (C=O) groups is 2. The molecule has 3 N–H and O–H groups in total. The third-order valence-electron chi connectivity index (χ3n) is 4.74. The fourth-order valence-electron chi connectivity index (χ4n) is 3.11. The molecule has 1 aliphatic heterocycles. The Morgan fingerprint density at radius 3 is 2.62 bits per heavy atom. The summed E-state index contributed by atoms with van der Waals surface area (Å²) in [5.74, 6) is 0.0763. The molecule has 1 saturated heterocycles. The zero-order valence-corrected chi connectivity index (χ0v) is 14.8. The molecule has 24 heavy (non-hydrogen) atoms. The molecule has 0 bridgehead atoms. The molecule has 1 aliphatic rings. The van der Waals surface area contributed by atoms with E-state index in [1.807, 2.05) is 29.2 Å². The first-order valence-electron chi connectivity index (χ1n) is 8.92. The minimum Gasteiger partial charge on any atom is -0.399 e. The van der Waals surface area contributed by atoms with Gasteiger partial charge in [0.05, 0.1) is 12.3 Å². The summed E-state index contributed by atoms with van der Waals surface area (Å²) in [5, 5.41) is 2.99. The monoisotopic (exact) mass is 331 g/mol. The van der Waals surface area contributed by atoms with Crippen molar-refractivity contribution in [2.45, 2.75) is 52.0 Å². The van der Waals surface area contributed by atoms with Crippen LogP contribution in [0.5, 0.6) is 0 Å². The third-order valence-corrected chi connectivity index (χ3v) is 4.74. The third kappa shape index (κ3) is 4.98. The van der Waals surface area contributed by atoms with Gasteiger partial charge in [0.1, 0.15) is 0 Å². The number of nitrogens with zero attached hydrogens (tertiary/aromatic N) is 1. The number of amides is 2. The van der Waals surface area contributed by atoms with E-state index in [1.54, 1.807) is 0 Å². The normalized spacial score (nSPS) is 20.7. The Labute approximate surface area is 144 Å². The number of piperidine rings is 1. The highest BCUT2D eigenvalue weighted by molar-refractivity contribution is 5.82. The smallest absolute Gasteiger partial charge is 0.227 e. The van der Waals surface area contributed by atoms with Gasteiger partial charge in [-0.1, -0.05) is 25.5 Å². The quantitative estimate of drug-likeness (QED) is 0.620. The SMILES string of the molecule is CCCCNC(=O)C1CCC(C)N(C(=O)Cc2ccc(N)cc2)C1. The Kier molecular flexibility index (Phi) is 6.64. The van der Waals surface area contributed by atoms with Crippen LogP contribution < -0.4 is 11.1 Å². The number of hydrogen-bond donors (Lipinski definition) is 2. The van der Waals surface area contributed by atoms with E-state index < -0.39 is 0 Å². The number of likely N-dealkylation sites (tertiary alicyclic amines) is 1. The van der Waals surface area contributed by atoms with E-state index in [0.717, 1.165) is 37.8 Å². The lowest BCUT2D eigenvalue weighted by molar-refractivity contribution is -0.137. The van der Waals surface area contributed by atoms with Crippen molar-refractivity contribution in [3.63, 3.8) is 0 Å². The number of benzene rings is 1. The van der Waals surface area contributed by atoms with Gasteiger partial charge in [0, 0.05) is 24.8 Å². The summed E-state index contributed by atoms with van der Waals surface area (Å²) >= 11 is 0. The molecular weight excluding hydrogens is 302 g/mol. The van der Waals surface area contributed by atoms with Gasteiger partial charge in [0.2, 0.25) is 11.8 Å². The van der Waals surface area contributed by atoms with Crippen LogP contribution in [0, 0.1) is 5.92 Å². The van der Waals surface area contributed by atoms with Gasteiger partial charge >= 0.3 is 0 Å². The maximum absolute atomic E-state index is 12.7. The molecule has 1 aromatic rings. The molecular formula is C19H29N3O2. The lowest BCUT2D eigenvalue weighted by Crippen LogP contribution is -2.50. The number of unbranched alkanes of at least 4 members (excludes halogenated alkanes) is 1. The zero-order chi connectivity index (χ0) is 17.5. The molecule has 2 amide bonds. The van der Waals surface area contributed by atoms with Crippen molar-refractivity contribution in [1.82, 2.24) is 10.2 Å². The van der Waals surface area contributed by atoms with Gasteiger partial charge in [-0.2, -0.15) is 0 Å². The fraction of sp³-hybridized carbons (Fsp3) is 0.579. The number of nitrogen functional groups attached to an aromatic ring is 1. The van der Waals surface area contributed by atoms with Crippen LogP contribution in [-0.4, -0.2) is 35.8 Å². The van der Waals surface area contributed by atoms with E-state index in [2.05, 4.69) is 19.2 Å². The molecule has 0 saturated carbocycles. The van der Waals surface area contributed by atoms with Crippen LogP contribution in [0.25, 0.3) is 0 Å². The minimum absolute atomic E-state index is 0.0818. The van der Waals surface area contributed by atoms with E-state index in [9.17, 15) is 9.59 Å². The number of rotatable bonds is 6. The molecule has 5 nitrogen and oxygen atoms in total. The molecule has 5 heteroatoms. The molecule has 0 radical (unpaired) electrons. The van der Waals surface area contributed by atoms with Gasteiger partial charge in [0.15, 0.2) is 0 Å². The van der Waals surface area contributed by atoms with Gasteiger partial charge in [0.25, 0.3) is 0 Å². The Morgan fingerprint density at radius 1 is 1.25 bits per heavy atom. The molecule has 2 rings (SSSR count). The van der Waals surface area contributed by atoms with Gasteiger partial charge in [-0.05, 0) is 43.9 Å². The highest BCUT2D eigenvalue weighted by Crippen LogP contribution is 2.23. The molecule has 1 fully saturated rings. The fourth-order valence-corrected chi connectivity index (χ4v) is 3.11. The van der Waals surface area contributed by atoms with Crippen molar-refractivity contribution in [3.8, 4) is 0 Å². The second kappa shape index (κ2) is 8.71. The average molecular weight is 331 g/mol. The van der Waals surface area contributed by atoms with E-state index in [-0.39, 0.29) is 23.8 Å². The summed E-state index contributed by atoms with van der Waals surface area (Å²) in [6, 6.07) is 7.58. The molecule has 1 aromatic carbocycles. The minimum atomic E-state index is -0.0894. The van der Waals surface area contributed by atoms with Crippen LogP contribution in [0.2, 0.25) is 0 Å². The molecule has 0 spiro atoms. The van der Waals surface area contributed by atoms with E-state index in [1.165, 1.54) is 0 Å². The van der Waals surface area contributed by atoms with Gasteiger partial charge in [-0.25, -0.2) is 0 Å². The molecule has 1 heterocycles. The first kappa shape index (κ1) is 18.3. The van der Waals surface area contributed by atoms with Crippen molar-refractivity contribution in [1.29, 1.82) is 0 Å². The van der Waals surface area contributed by atoms with Crippen molar-refractivity contribution in [2.24, 2.45) is 5.92 Å². The lowest BCUT2D eigenvalue weighted by Gasteiger charge is -2.37. The molecule has 0 aliphatic carbocycles. The molecule has 2 unspecified atom stereocenters. The van der Waals surface area contributed by atoms with Crippen molar-refractivity contribution >= 4 is 17.5 Å². The molecule has 132 valence electrons. The summed E-state index contributed by atoms with van der Waals surface area (Å²) in [7, 11) is 0. The van der Waals surface area contributed by atoms with E-state index >= 15 is 0 Å². The Balaban J connectivity index is 1.93. The maximum Gasteiger partial charge on any atom is 0.227 e. The van der Waals surface area contributed by atoms with Crippen LogP contribution in [0.1, 0.15) is 45.1 Å². The molecule has 2 atom stereocenters. The summed E-state index contributed by atoms with van der Waals surface area (Å²) in [6.45, 7) is 5.41. The Hall–Kier alpha value is -2.04. The molecule has 0 aromatic heterocycles. The Morgan fingerprint density at radius 2 is 1.96 bits per heavy atom. The summed E-state index contributed by atoms with van der Waals surface area (Å²) in [4.78, 5) is 26.8. The largest absolute Gasteiger partial charge is 0.399 e. The van der Waals surface area contributed by atoms with Gasteiger partial charge in [-0.15, -0.1) is 0 Å². The van der Waals surface area contributed by atoms with Crippen LogP contribution >= 0.6 is 0 Å². The number of nitrogens with one attached hydrogen (secondary N) is 1. The highest BCUT2D eigenvalue weighted by atomic mass is 16.2. The van der Waals surface area contributed by atoms with Crippen LogP contribution in [-0.2, 0) is 16.0 Å². The average Bonchev–Trinajstić information content (AvgIpc) is 2.57. The van der Waals surface area contributed by atoms with E-state index in [4.69, 9.17) is 5.73 Å². The lowest BCUT2D eigenvalue weighted by atomic mass is 9.92. The predicted molar refractivity (Wildman–Crippen MR) is 96.4 cm³/mol. The second-order valence-electron chi connectivity index (χ2n) is 6.73. The first-order valence-corrected chi connectivity index (χ1v) is 8.92. The predicted octanol–water partition coefficient (Wildman–Crippen LogP) is 2.35. The van der Waals surface area contributed by atoms with Gasteiger partial charge < -0.3 is 16.0 Å². The summed E-state index contributed by atoms with van der Waals surface area (Å²) < 4.78 is 0. The zero-order valence-electron chi connectivity index (χ0n) is 14.8. The van der Waals surface area contributed by atoms with Crippen LogP contribution in [0.3, 0.4) is 0 Å². The number of carbonyl (C=O) groups excluding carboxylic acids is 2. The summed E-state index contributed by atoms with van der Waals surface area (Å²) in [5.41, 5.74) is 7.33. The van der Waals surface area contributed by atoms with Crippen molar-refractivity contribution in [3.05, 3.63) is 29.8 Å². The van der Waals surface area contributed by atoms with Crippen LogP contribution in [0.4, 0.5) is 5.69 Å². The topological polar surface area (TPSA) is 75.4 Å². The second-order valence-corrected chi connectivity index (χ2v) is 6.73. The van der Waals surface area contributed by atoms with Crippen LogP contribution in [0.15, 0.2) is 24.3 Å². The number of nitrogens with two attached hydrogens (primary N) is 1. The van der Waals surface area contributed by atoms with Crippen molar-refractivity contribution in [2.75, 3.05) is 18.8 Å². The standard InChI is InChI=1S/C19H29N3O2/c1-3-4-11-21-19(24)16-8-5-14(2)22(13-16)18(23)12-15-6-9-17(20)10-7-15/h6-7,9-10,14,16H,3-5,8,11-13,20H2,1-2H3,(H,21,24). The Bertz CT molecular complexity index is 556. The maximum atomic E-state index is 12.7.